The molecule has 0 heterocycles. The first-order chi connectivity index (χ1) is 21.5. The zero-order chi connectivity index (χ0) is 31.1. The van der Waals surface area contributed by atoms with E-state index in [2.05, 4.69) is 88.3 Å². The summed E-state index contributed by atoms with van der Waals surface area (Å²) in [5.41, 5.74) is 0. The Balaban J connectivity index is 1.50. The third-order valence-electron chi connectivity index (χ3n) is 7.89. The molecular formula is C37H46BrO4PSi. The Bertz CT molecular complexity index is 1290. The molecule has 234 valence electrons. The summed E-state index contributed by atoms with van der Waals surface area (Å²) < 4.78 is 17.9. The molecule has 0 saturated heterocycles. The summed E-state index contributed by atoms with van der Waals surface area (Å²) in [6.07, 6.45) is 7.01. The van der Waals surface area contributed by atoms with Crippen molar-refractivity contribution < 1.29 is 19.3 Å². The number of hydrogen-bond donors (Lipinski definition) is 1. The van der Waals surface area contributed by atoms with Gasteiger partial charge in [-0.05, 0) is 13.8 Å². The number of aromatic hydroxyl groups is 1. The monoisotopic (exact) mass is 692 g/mol. The van der Waals surface area contributed by atoms with Gasteiger partial charge in [0.05, 0.1) is 0 Å². The molecule has 0 spiro atoms. The molecule has 0 atom stereocenters. The second-order valence-corrected chi connectivity index (χ2v) is 20.5. The topological polar surface area (TPSA) is 47.9 Å². The minimum atomic E-state index is -3.51. The molecule has 44 heavy (non-hydrogen) atoms. The summed E-state index contributed by atoms with van der Waals surface area (Å²) >= 11 is 4.52. The second kappa shape index (κ2) is 17.3. The summed E-state index contributed by atoms with van der Waals surface area (Å²) in [5.74, 6) is 0.990. The SMILES string of the molecule is CCOC(OCC)[Si]CCCCCCCCOc1ccc(O)cc1P(Br)(c1ccccc1)(c1ccccc1)c1ccccc1. The van der Waals surface area contributed by atoms with Crippen molar-refractivity contribution in [1.29, 1.82) is 0 Å². The second-order valence-electron chi connectivity index (χ2n) is 10.8. The molecule has 7 heteroatoms. The van der Waals surface area contributed by atoms with Gasteiger partial charge in [0.25, 0.3) is 0 Å². The van der Waals surface area contributed by atoms with Crippen molar-refractivity contribution >= 4 is 51.5 Å². The van der Waals surface area contributed by atoms with Gasteiger partial charge in [-0.1, -0.05) is 0 Å². The van der Waals surface area contributed by atoms with Crippen molar-refractivity contribution in [1.82, 2.24) is 0 Å². The van der Waals surface area contributed by atoms with E-state index in [4.69, 9.17) is 14.2 Å². The predicted octanol–water partition coefficient (Wildman–Crippen LogP) is 8.06. The average Bonchev–Trinajstić information content (AvgIpc) is 3.07. The molecule has 0 unspecified atom stereocenters. The van der Waals surface area contributed by atoms with E-state index in [9.17, 15) is 5.11 Å². The molecule has 0 amide bonds. The van der Waals surface area contributed by atoms with Crippen LogP contribution in [-0.2, 0) is 9.47 Å². The maximum atomic E-state index is 10.9. The van der Waals surface area contributed by atoms with Crippen LogP contribution in [0, 0.1) is 0 Å². The van der Waals surface area contributed by atoms with Gasteiger partial charge in [0.1, 0.15) is 5.91 Å². The first-order valence-electron chi connectivity index (χ1n) is 15.9. The maximum absolute atomic E-state index is 10.9. The number of phenols is 1. The molecule has 0 bridgehead atoms. The fraction of sp³-hybridized carbons (Fsp3) is 0.351. The molecule has 4 nitrogen and oxygen atoms in total. The molecule has 4 aromatic rings. The number of ether oxygens (including phenoxy) is 3. The van der Waals surface area contributed by atoms with Gasteiger partial charge >= 0.3 is 233 Å². The average molecular weight is 694 g/mol. The van der Waals surface area contributed by atoms with E-state index in [0.29, 0.717) is 29.3 Å². The van der Waals surface area contributed by atoms with Crippen molar-refractivity contribution in [3.05, 3.63) is 109 Å². The van der Waals surface area contributed by atoms with Crippen molar-refractivity contribution in [3.8, 4) is 11.5 Å². The number of hydrogen-bond acceptors (Lipinski definition) is 4. The molecule has 0 aliphatic carbocycles. The fourth-order valence-corrected chi connectivity index (χ4v) is 14.8. The Kier molecular flexibility index (Phi) is 13.5. The third kappa shape index (κ3) is 8.02. The molecule has 4 rings (SSSR count). The van der Waals surface area contributed by atoms with Crippen molar-refractivity contribution in [2.75, 3.05) is 19.8 Å². The van der Waals surface area contributed by atoms with Crippen molar-refractivity contribution in [3.63, 3.8) is 0 Å². The van der Waals surface area contributed by atoms with E-state index >= 15 is 0 Å². The van der Waals surface area contributed by atoms with Gasteiger partial charge in [-0.25, -0.2) is 0 Å². The van der Waals surface area contributed by atoms with Crippen LogP contribution in [0.4, 0.5) is 0 Å². The number of halogens is 1. The first kappa shape index (κ1) is 34.4. The quantitative estimate of drug-likeness (QED) is 0.0468. The van der Waals surface area contributed by atoms with Crippen LogP contribution in [0.5, 0.6) is 11.5 Å². The summed E-state index contributed by atoms with van der Waals surface area (Å²) in [5, 5.41) is 11.8. The van der Waals surface area contributed by atoms with Gasteiger partial charge < -0.3 is 9.47 Å². The first-order valence-corrected chi connectivity index (χ1v) is 21.4. The van der Waals surface area contributed by atoms with Crippen LogP contribution < -0.4 is 26.0 Å². The van der Waals surface area contributed by atoms with Gasteiger partial charge in [-0.3, -0.25) is 0 Å². The third-order valence-corrected chi connectivity index (χ3v) is 19.1. The Morgan fingerprint density at radius 3 is 1.64 bits per heavy atom. The Hall–Kier alpha value is -2.47. The summed E-state index contributed by atoms with van der Waals surface area (Å²) in [6, 6.07) is 38.5. The van der Waals surface area contributed by atoms with Crippen LogP contribution >= 0.6 is 20.8 Å². The van der Waals surface area contributed by atoms with Crippen LogP contribution in [0.25, 0.3) is 0 Å². The van der Waals surface area contributed by atoms with E-state index in [0.717, 1.165) is 39.8 Å². The van der Waals surface area contributed by atoms with Crippen LogP contribution in [-0.4, -0.2) is 40.4 Å². The van der Waals surface area contributed by atoms with E-state index in [-0.39, 0.29) is 11.7 Å². The van der Waals surface area contributed by atoms with Crippen molar-refractivity contribution in [2.45, 2.75) is 64.3 Å². The fourth-order valence-electron chi connectivity index (χ4n) is 5.75. The molecule has 4 aromatic carbocycles. The predicted molar refractivity (Wildman–Crippen MR) is 193 cm³/mol. The summed E-state index contributed by atoms with van der Waals surface area (Å²) in [7, 11) is 0.708. The number of benzene rings is 4. The van der Waals surface area contributed by atoms with E-state index < -0.39 is 5.31 Å². The molecule has 1 N–H and O–H groups in total. The van der Waals surface area contributed by atoms with Gasteiger partial charge in [0.15, 0.2) is 0 Å². The Morgan fingerprint density at radius 1 is 0.659 bits per heavy atom. The minimum absolute atomic E-state index is 0.0297. The molecule has 0 saturated carbocycles. The molecule has 0 aliphatic rings. The standard InChI is InChI=1S/C37H46BrO4PSi/c1-3-40-37(41-4-2)44-29-19-8-6-5-7-18-28-42-35-27-26-31(39)30-36(35)43(38,32-20-12-9-13-21-32,33-22-14-10-15-23-33)34-24-16-11-17-25-34/h9-17,20-27,30,37,39H,3-8,18-19,28-29H2,1-2H3. The van der Waals surface area contributed by atoms with Gasteiger partial charge in [-0.2, -0.15) is 0 Å². The number of rotatable bonds is 19. The Morgan fingerprint density at radius 2 is 1.14 bits per heavy atom. The molecule has 2 radical (unpaired) electrons. The van der Waals surface area contributed by atoms with E-state index in [1.165, 1.54) is 31.7 Å². The zero-order valence-corrected chi connectivity index (χ0v) is 29.5. The molecule has 0 fully saturated rings. The van der Waals surface area contributed by atoms with Crippen molar-refractivity contribution in [2.24, 2.45) is 0 Å². The Labute approximate surface area is 274 Å². The summed E-state index contributed by atoms with van der Waals surface area (Å²) in [4.78, 5) is 0. The van der Waals surface area contributed by atoms with Crippen LogP contribution in [0.1, 0.15) is 52.4 Å². The molecule has 0 aliphatic heterocycles. The summed E-state index contributed by atoms with van der Waals surface area (Å²) in [6.45, 7) is 6.08. The normalized spacial score (nSPS) is 12.6. The number of phenolic OH excluding ortho intramolecular Hbond substituents is 1. The van der Waals surface area contributed by atoms with Gasteiger partial charge in [-0.15, -0.1) is 0 Å². The van der Waals surface area contributed by atoms with E-state index in [1.807, 2.05) is 44.2 Å². The number of unbranched alkanes of at least 4 members (excludes halogenated alkanes) is 5. The van der Waals surface area contributed by atoms with Crippen LogP contribution in [0.2, 0.25) is 6.04 Å². The van der Waals surface area contributed by atoms with Gasteiger partial charge in [0, 0.05) is 13.2 Å². The van der Waals surface area contributed by atoms with Crippen LogP contribution in [0.3, 0.4) is 0 Å². The molecular weight excluding hydrogens is 647 g/mol. The van der Waals surface area contributed by atoms with Crippen LogP contribution in [0.15, 0.2) is 109 Å². The van der Waals surface area contributed by atoms with E-state index in [1.54, 1.807) is 6.07 Å². The van der Waals surface area contributed by atoms with Gasteiger partial charge in [0.2, 0.25) is 0 Å². The molecule has 0 aromatic heterocycles. The zero-order valence-electron chi connectivity index (χ0n) is 26.0.